The molecule has 0 saturated heterocycles. The van der Waals surface area contributed by atoms with Crippen LogP contribution in [0.15, 0.2) is 40.6 Å². The maximum atomic E-state index is 11.8. The van der Waals surface area contributed by atoms with Crippen molar-refractivity contribution in [1.82, 2.24) is 0 Å². The van der Waals surface area contributed by atoms with E-state index in [4.69, 9.17) is 4.74 Å². The van der Waals surface area contributed by atoms with Crippen LogP contribution in [0.5, 0.6) is 0 Å². The number of fused-ring (bicyclic) bond motifs is 1. The first-order chi connectivity index (χ1) is 8.63. The van der Waals surface area contributed by atoms with Crippen molar-refractivity contribution in [2.24, 2.45) is 4.99 Å². The van der Waals surface area contributed by atoms with Crippen LogP contribution in [0.4, 0.5) is 5.69 Å². The number of hydrogen-bond acceptors (Lipinski definition) is 4. The predicted octanol–water partition coefficient (Wildman–Crippen LogP) is 2.71. The van der Waals surface area contributed by atoms with Gasteiger partial charge in [-0.2, -0.15) is 0 Å². The SMILES string of the molecule is CCOC(=O)/C(C1=Nc2ccccc2C1)=C(\C)O. The number of para-hydroxylation sites is 1. The highest BCUT2D eigenvalue weighted by atomic mass is 16.5. The number of carbonyl (C=O) groups is 1. The molecule has 0 saturated carbocycles. The lowest BCUT2D eigenvalue weighted by atomic mass is 10.0. The van der Waals surface area contributed by atoms with Crippen molar-refractivity contribution in [2.75, 3.05) is 6.61 Å². The minimum absolute atomic E-state index is 0.0555. The summed E-state index contributed by atoms with van der Waals surface area (Å²) in [6, 6.07) is 7.67. The van der Waals surface area contributed by atoms with E-state index in [0.29, 0.717) is 12.1 Å². The van der Waals surface area contributed by atoms with Crippen LogP contribution >= 0.6 is 0 Å². The van der Waals surface area contributed by atoms with Crippen molar-refractivity contribution in [2.45, 2.75) is 20.3 Å². The van der Waals surface area contributed by atoms with E-state index in [0.717, 1.165) is 11.3 Å². The molecule has 94 valence electrons. The molecule has 0 aliphatic carbocycles. The van der Waals surface area contributed by atoms with Crippen molar-refractivity contribution < 1.29 is 14.6 Å². The maximum Gasteiger partial charge on any atom is 0.343 e. The smallest absolute Gasteiger partial charge is 0.343 e. The standard InChI is InChI=1S/C14H15NO3/c1-3-18-14(17)13(9(2)16)12-8-10-6-4-5-7-11(10)15-12/h4-7,16H,3,8H2,1-2H3/b13-9+. The lowest BCUT2D eigenvalue weighted by Crippen LogP contribution is -2.18. The fraction of sp³-hybridized carbons (Fsp3) is 0.286. The molecule has 4 nitrogen and oxygen atoms in total. The van der Waals surface area contributed by atoms with E-state index in [1.54, 1.807) is 6.92 Å². The fourth-order valence-corrected chi connectivity index (χ4v) is 1.96. The molecule has 0 fully saturated rings. The van der Waals surface area contributed by atoms with Gasteiger partial charge in [0.15, 0.2) is 0 Å². The van der Waals surface area contributed by atoms with Crippen LogP contribution in [0.1, 0.15) is 19.4 Å². The summed E-state index contributed by atoms with van der Waals surface area (Å²) in [5, 5.41) is 9.65. The number of aliphatic imine (C=N–C) groups is 1. The third-order valence-electron chi connectivity index (χ3n) is 2.73. The van der Waals surface area contributed by atoms with Crippen molar-refractivity contribution in [3.63, 3.8) is 0 Å². The Kier molecular flexibility index (Phi) is 3.46. The molecule has 1 aliphatic heterocycles. The molecule has 0 atom stereocenters. The summed E-state index contributed by atoms with van der Waals surface area (Å²) in [6.45, 7) is 3.47. The van der Waals surface area contributed by atoms with Gasteiger partial charge in [-0.15, -0.1) is 0 Å². The molecule has 4 heteroatoms. The monoisotopic (exact) mass is 245 g/mol. The van der Waals surface area contributed by atoms with Gasteiger partial charge in [-0.05, 0) is 25.5 Å². The Morgan fingerprint density at radius 2 is 2.17 bits per heavy atom. The largest absolute Gasteiger partial charge is 0.512 e. The van der Waals surface area contributed by atoms with Gasteiger partial charge in [0.05, 0.1) is 18.0 Å². The van der Waals surface area contributed by atoms with Gasteiger partial charge in [-0.3, -0.25) is 4.99 Å². The van der Waals surface area contributed by atoms with Crippen molar-refractivity contribution in [3.05, 3.63) is 41.2 Å². The van der Waals surface area contributed by atoms with Gasteiger partial charge < -0.3 is 9.84 Å². The van der Waals surface area contributed by atoms with Crippen LogP contribution in [0.25, 0.3) is 0 Å². The summed E-state index contributed by atoms with van der Waals surface area (Å²) >= 11 is 0. The van der Waals surface area contributed by atoms with Gasteiger partial charge in [0.2, 0.25) is 0 Å². The molecular weight excluding hydrogens is 230 g/mol. The molecule has 0 amide bonds. The zero-order chi connectivity index (χ0) is 13.1. The Bertz CT molecular complexity index is 540. The van der Waals surface area contributed by atoms with E-state index >= 15 is 0 Å². The molecule has 0 aromatic heterocycles. The Labute approximate surface area is 106 Å². The second-order valence-electron chi connectivity index (χ2n) is 4.04. The van der Waals surface area contributed by atoms with Gasteiger partial charge >= 0.3 is 5.97 Å². The molecule has 2 rings (SSSR count). The van der Waals surface area contributed by atoms with Gasteiger partial charge in [0.25, 0.3) is 0 Å². The van der Waals surface area contributed by atoms with Crippen LogP contribution in [-0.4, -0.2) is 23.4 Å². The Balaban J connectivity index is 2.33. The third kappa shape index (κ3) is 2.27. The number of benzene rings is 1. The summed E-state index contributed by atoms with van der Waals surface area (Å²) < 4.78 is 4.94. The summed E-state index contributed by atoms with van der Waals surface area (Å²) in [6.07, 6.45) is 0.544. The molecule has 0 spiro atoms. The van der Waals surface area contributed by atoms with E-state index in [1.807, 2.05) is 24.3 Å². The molecule has 0 radical (unpaired) electrons. The molecule has 1 aromatic carbocycles. The first-order valence-electron chi connectivity index (χ1n) is 5.86. The number of aliphatic hydroxyl groups is 1. The summed E-state index contributed by atoms with van der Waals surface area (Å²) in [4.78, 5) is 16.2. The molecule has 1 aromatic rings. The third-order valence-corrected chi connectivity index (χ3v) is 2.73. The molecule has 1 heterocycles. The molecule has 18 heavy (non-hydrogen) atoms. The van der Waals surface area contributed by atoms with E-state index in [-0.39, 0.29) is 17.9 Å². The minimum atomic E-state index is -0.524. The maximum absolute atomic E-state index is 11.8. The van der Waals surface area contributed by atoms with Crippen LogP contribution < -0.4 is 0 Å². The molecule has 0 unspecified atom stereocenters. The predicted molar refractivity (Wildman–Crippen MR) is 69.2 cm³/mol. The topological polar surface area (TPSA) is 58.9 Å². The number of aliphatic hydroxyl groups excluding tert-OH is 1. The highest BCUT2D eigenvalue weighted by molar-refractivity contribution is 6.22. The number of hydrogen-bond donors (Lipinski definition) is 1. The van der Waals surface area contributed by atoms with Crippen molar-refractivity contribution in [3.8, 4) is 0 Å². The number of esters is 1. The summed E-state index contributed by atoms with van der Waals surface area (Å²) in [5.41, 5.74) is 2.63. The van der Waals surface area contributed by atoms with Crippen LogP contribution in [0.3, 0.4) is 0 Å². The average Bonchev–Trinajstić information content (AvgIpc) is 2.71. The lowest BCUT2D eigenvalue weighted by molar-refractivity contribution is -0.138. The second-order valence-corrected chi connectivity index (χ2v) is 4.04. The van der Waals surface area contributed by atoms with E-state index in [9.17, 15) is 9.90 Å². The van der Waals surface area contributed by atoms with Crippen LogP contribution in [-0.2, 0) is 16.0 Å². The van der Waals surface area contributed by atoms with E-state index in [2.05, 4.69) is 4.99 Å². The number of nitrogens with zero attached hydrogens (tertiary/aromatic N) is 1. The van der Waals surface area contributed by atoms with Gasteiger partial charge in [0.1, 0.15) is 11.3 Å². The molecular formula is C14H15NO3. The van der Waals surface area contributed by atoms with Gasteiger partial charge in [-0.25, -0.2) is 4.79 Å². The molecule has 1 N–H and O–H groups in total. The quantitative estimate of drug-likeness (QED) is 0.506. The fourth-order valence-electron chi connectivity index (χ4n) is 1.96. The second kappa shape index (κ2) is 5.04. The molecule has 0 bridgehead atoms. The van der Waals surface area contributed by atoms with Crippen molar-refractivity contribution in [1.29, 1.82) is 0 Å². The highest BCUT2D eigenvalue weighted by Gasteiger charge is 2.25. The summed E-state index contributed by atoms with van der Waals surface area (Å²) in [5.74, 6) is -0.580. The lowest BCUT2D eigenvalue weighted by Gasteiger charge is -2.07. The van der Waals surface area contributed by atoms with Gasteiger partial charge in [0, 0.05) is 6.42 Å². The van der Waals surface area contributed by atoms with E-state index < -0.39 is 5.97 Å². The zero-order valence-electron chi connectivity index (χ0n) is 10.4. The van der Waals surface area contributed by atoms with Crippen LogP contribution in [0.2, 0.25) is 0 Å². The summed E-state index contributed by atoms with van der Waals surface area (Å²) in [7, 11) is 0. The van der Waals surface area contributed by atoms with Crippen LogP contribution in [0, 0.1) is 0 Å². The zero-order valence-corrected chi connectivity index (χ0v) is 10.4. The van der Waals surface area contributed by atoms with E-state index in [1.165, 1.54) is 6.92 Å². The molecule has 1 aliphatic rings. The highest BCUT2D eigenvalue weighted by Crippen LogP contribution is 2.29. The van der Waals surface area contributed by atoms with Crippen molar-refractivity contribution >= 4 is 17.4 Å². The number of carbonyl (C=O) groups excluding carboxylic acids is 1. The number of allylic oxidation sites excluding steroid dienone is 1. The Hall–Kier alpha value is -2.10. The first-order valence-corrected chi connectivity index (χ1v) is 5.86. The Morgan fingerprint density at radius 3 is 2.78 bits per heavy atom. The average molecular weight is 245 g/mol. The number of ether oxygens (including phenoxy) is 1. The minimum Gasteiger partial charge on any atom is -0.512 e. The normalized spacial score (nSPS) is 14.7. The Morgan fingerprint density at radius 1 is 1.44 bits per heavy atom. The first kappa shape index (κ1) is 12.4. The number of rotatable bonds is 3. The van der Waals surface area contributed by atoms with Gasteiger partial charge in [-0.1, -0.05) is 18.2 Å².